The number of ether oxygens (including phenoxy) is 1. The molecule has 0 aromatic carbocycles. The lowest BCUT2D eigenvalue weighted by Crippen LogP contribution is -2.36. The van der Waals surface area contributed by atoms with Gasteiger partial charge in [0, 0.05) is 6.08 Å². The van der Waals surface area contributed by atoms with Crippen LogP contribution in [0.3, 0.4) is 0 Å². The lowest BCUT2D eigenvalue weighted by Gasteiger charge is -2.30. The van der Waals surface area contributed by atoms with E-state index in [9.17, 15) is 9.36 Å². The molecule has 0 aliphatic heterocycles. The van der Waals surface area contributed by atoms with Crippen molar-refractivity contribution in [2.24, 2.45) is 0 Å². The number of carbonyl (C=O) groups is 1. The van der Waals surface area contributed by atoms with Gasteiger partial charge in [0.1, 0.15) is 12.2 Å². The van der Waals surface area contributed by atoms with Crippen LogP contribution in [0.25, 0.3) is 0 Å². The second-order valence-corrected chi connectivity index (χ2v) is 4.45. The molecule has 2 N–H and O–H groups in total. The third kappa shape index (κ3) is 5.42. The van der Waals surface area contributed by atoms with Gasteiger partial charge in [0.05, 0.1) is 0 Å². The van der Waals surface area contributed by atoms with Crippen LogP contribution in [0.4, 0.5) is 0 Å². The fourth-order valence-corrected chi connectivity index (χ4v) is 1.94. The standard InChI is InChI=1S/C9H17O6P/c1-4-8(10)14-7-9(5-2,6-3)15-16(11,12)13/h4H,1,5-7H2,2-3H3,(H2,11,12,13). The summed E-state index contributed by atoms with van der Waals surface area (Å²) in [5.74, 6) is -0.652. The second-order valence-electron chi connectivity index (χ2n) is 3.28. The van der Waals surface area contributed by atoms with Crippen molar-refractivity contribution in [2.75, 3.05) is 6.61 Å². The molecular formula is C9H17O6P. The minimum Gasteiger partial charge on any atom is -0.459 e. The second kappa shape index (κ2) is 6.15. The summed E-state index contributed by atoms with van der Waals surface area (Å²) in [5.41, 5.74) is -1.16. The van der Waals surface area contributed by atoms with E-state index in [1.165, 1.54) is 0 Å². The Kier molecular flexibility index (Phi) is 5.89. The molecule has 0 atom stereocenters. The molecule has 0 radical (unpaired) electrons. The quantitative estimate of drug-likeness (QED) is 0.404. The molecule has 16 heavy (non-hydrogen) atoms. The molecule has 0 spiro atoms. The Balaban J connectivity index is 4.62. The highest BCUT2D eigenvalue weighted by atomic mass is 31.2. The lowest BCUT2D eigenvalue weighted by atomic mass is 9.99. The van der Waals surface area contributed by atoms with E-state index in [1.807, 2.05) is 0 Å². The fraction of sp³-hybridized carbons (Fsp3) is 0.667. The van der Waals surface area contributed by atoms with Gasteiger partial charge in [-0.25, -0.2) is 9.36 Å². The number of phosphoric ester groups is 1. The molecule has 0 rings (SSSR count). The highest BCUT2D eigenvalue weighted by Gasteiger charge is 2.36. The predicted octanol–water partition coefficient (Wildman–Crippen LogP) is 1.38. The zero-order valence-corrected chi connectivity index (χ0v) is 10.3. The van der Waals surface area contributed by atoms with Crippen LogP contribution in [0.1, 0.15) is 26.7 Å². The van der Waals surface area contributed by atoms with Crippen LogP contribution in [0.15, 0.2) is 12.7 Å². The summed E-state index contributed by atoms with van der Waals surface area (Å²) in [6.45, 7) is 6.40. The molecule has 0 saturated carbocycles. The summed E-state index contributed by atoms with van der Waals surface area (Å²) >= 11 is 0. The number of carbonyl (C=O) groups excluding carboxylic acids is 1. The first kappa shape index (κ1) is 15.3. The molecule has 0 unspecified atom stereocenters. The molecular weight excluding hydrogens is 235 g/mol. The normalized spacial score (nSPS) is 12.2. The summed E-state index contributed by atoms with van der Waals surface area (Å²) in [6.07, 6.45) is 1.62. The Morgan fingerprint density at radius 3 is 2.25 bits per heavy atom. The monoisotopic (exact) mass is 252 g/mol. The van der Waals surface area contributed by atoms with Crippen LogP contribution >= 0.6 is 7.82 Å². The van der Waals surface area contributed by atoms with Crippen molar-refractivity contribution in [3.05, 3.63) is 12.7 Å². The molecule has 0 aromatic heterocycles. The van der Waals surface area contributed by atoms with Gasteiger partial charge in [-0.15, -0.1) is 0 Å². The average molecular weight is 252 g/mol. The van der Waals surface area contributed by atoms with Crippen LogP contribution in [-0.2, 0) is 18.6 Å². The number of hydrogen-bond acceptors (Lipinski definition) is 4. The van der Waals surface area contributed by atoms with Crippen molar-refractivity contribution in [3.8, 4) is 0 Å². The van der Waals surface area contributed by atoms with E-state index in [-0.39, 0.29) is 6.61 Å². The van der Waals surface area contributed by atoms with Gasteiger partial charge in [0.25, 0.3) is 0 Å². The maximum Gasteiger partial charge on any atom is 0.470 e. The zero-order chi connectivity index (χ0) is 12.8. The van der Waals surface area contributed by atoms with E-state index in [2.05, 4.69) is 11.1 Å². The molecule has 6 nitrogen and oxygen atoms in total. The van der Waals surface area contributed by atoms with E-state index < -0.39 is 19.4 Å². The zero-order valence-electron chi connectivity index (χ0n) is 9.38. The van der Waals surface area contributed by atoms with E-state index in [1.54, 1.807) is 13.8 Å². The van der Waals surface area contributed by atoms with Crippen molar-refractivity contribution in [2.45, 2.75) is 32.3 Å². The number of phosphoric acid groups is 1. The molecule has 0 heterocycles. The van der Waals surface area contributed by atoms with Gasteiger partial charge >= 0.3 is 13.8 Å². The minimum absolute atomic E-state index is 0.212. The first-order valence-electron chi connectivity index (χ1n) is 4.84. The summed E-state index contributed by atoms with van der Waals surface area (Å²) in [7, 11) is -4.61. The van der Waals surface area contributed by atoms with E-state index >= 15 is 0 Å². The van der Waals surface area contributed by atoms with Crippen LogP contribution < -0.4 is 0 Å². The molecule has 0 aromatic rings. The summed E-state index contributed by atoms with van der Waals surface area (Å²) < 4.78 is 20.2. The van der Waals surface area contributed by atoms with Crippen molar-refractivity contribution >= 4 is 13.8 Å². The van der Waals surface area contributed by atoms with Gasteiger partial charge in [-0.1, -0.05) is 20.4 Å². The van der Waals surface area contributed by atoms with Crippen LogP contribution in [0.5, 0.6) is 0 Å². The molecule has 0 fully saturated rings. The van der Waals surface area contributed by atoms with E-state index in [0.29, 0.717) is 12.8 Å². The van der Waals surface area contributed by atoms with Crippen LogP contribution in [-0.4, -0.2) is 28.0 Å². The highest BCUT2D eigenvalue weighted by Crippen LogP contribution is 2.43. The summed E-state index contributed by atoms with van der Waals surface area (Å²) in [5, 5.41) is 0. The highest BCUT2D eigenvalue weighted by molar-refractivity contribution is 7.46. The molecule has 0 aliphatic carbocycles. The van der Waals surface area contributed by atoms with Gasteiger partial charge in [-0.3, -0.25) is 4.52 Å². The average Bonchev–Trinajstić information content (AvgIpc) is 2.22. The Morgan fingerprint density at radius 2 is 1.94 bits per heavy atom. The SMILES string of the molecule is C=CC(=O)OCC(CC)(CC)OP(=O)(O)O. The maximum atomic E-state index is 10.9. The van der Waals surface area contributed by atoms with Gasteiger partial charge in [-0.2, -0.15) is 0 Å². The van der Waals surface area contributed by atoms with Crippen LogP contribution in [0, 0.1) is 0 Å². The third-order valence-electron chi connectivity index (χ3n) is 2.25. The fourth-order valence-electron chi connectivity index (χ4n) is 1.12. The third-order valence-corrected chi connectivity index (χ3v) is 2.87. The minimum atomic E-state index is -4.61. The predicted molar refractivity (Wildman–Crippen MR) is 57.6 cm³/mol. The molecule has 0 saturated heterocycles. The molecule has 0 amide bonds. The summed E-state index contributed by atoms with van der Waals surface area (Å²) in [6, 6.07) is 0. The van der Waals surface area contributed by atoms with Crippen molar-refractivity contribution in [1.29, 1.82) is 0 Å². The van der Waals surface area contributed by atoms with Crippen LogP contribution in [0.2, 0.25) is 0 Å². The molecule has 0 bridgehead atoms. The topological polar surface area (TPSA) is 93.1 Å². The van der Waals surface area contributed by atoms with Gasteiger partial charge in [-0.05, 0) is 12.8 Å². The first-order valence-corrected chi connectivity index (χ1v) is 6.37. The van der Waals surface area contributed by atoms with E-state index in [0.717, 1.165) is 6.08 Å². The number of esters is 1. The van der Waals surface area contributed by atoms with Gasteiger partial charge in [0.15, 0.2) is 0 Å². The molecule has 7 heteroatoms. The number of rotatable bonds is 7. The molecule has 94 valence electrons. The maximum absolute atomic E-state index is 10.9. The van der Waals surface area contributed by atoms with Gasteiger partial charge in [0.2, 0.25) is 0 Å². The molecule has 0 aliphatic rings. The van der Waals surface area contributed by atoms with Gasteiger partial charge < -0.3 is 14.5 Å². The first-order chi connectivity index (χ1) is 7.28. The summed E-state index contributed by atoms with van der Waals surface area (Å²) in [4.78, 5) is 28.4. The largest absolute Gasteiger partial charge is 0.470 e. The Labute approximate surface area is 94.5 Å². The van der Waals surface area contributed by atoms with Crippen molar-refractivity contribution < 1.29 is 28.4 Å². The van der Waals surface area contributed by atoms with Crippen molar-refractivity contribution in [1.82, 2.24) is 0 Å². The smallest absolute Gasteiger partial charge is 0.459 e. The Hall–Kier alpha value is -0.680. The number of hydrogen-bond donors (Lipinski definition) is 2. The Bertz CT molecular complexity index is 290. The van der Waals surface area contributed by atoms with Crippen molar-refractivity contribution in [3.63, 3.8) is 0 Å². The lowest BCUT2D eigenvalue weighted by molar-refractivity contribution is -0.145. The Morgan fingerprint density at radius 1 is 1.44 bits per heavy atom. The van der Waals surface area contributed by atoms with E-state index in [4.69, 9.17) is 14.5 Å².